The van der Waals surface area contributed by atoms with Crippen molar-refractivity contribution in [2.75, 3.05) is 50.8 Å². The molecule has 2 bridgehead atoms. The summed E-state index contributed by atoms with van der Waals surface area (Å²) in [5.41, 5.74) is 2.50. The molecule has 28 heavy (non-hydrogen) atoms. The third kappa shape index (κ3) is 5.02. The van der Waals surface area contributed by atoms with E-state index in [1.807, 2.05) is 6.07 Å². The van der Waals surface area contributed by atoms with Crippen molar-refractivity contribution in [1.82, 2.24) is 4.90 Å². The van der Waals surface area contributed by atoms with Crippen LogP contribution in [0.15, 0.2) is 18.2 Å². The first-order valence-electron chi connectivity index (χ1n) is 11.1. The summed E-state index contributed by atoms with van der Waals surface area (Å²) < 4.78 is 5.82. The van der Waals surface area contributed by atoms with Gasteiger partial charge in [0, 0.05) is 50.0 Å². The molecular weight excluding hydrogens is 372 g/mol. The summed E-state index contributed by atoms with van der Waals surface area (Å²) in [5.74, 6) is 2.87. The molecule has 4 unspecified atom stereocenters. The molecule has 3 aliphatic rings. The lowest BCUT2D eigenvalue weighted by Gasteiger charge is -2.37. The second-order valence-electron chi connectivity index (χ2n) is 9.17. The number of hydrogen-bond acceptors (Lipinski definition) is 4. The van der Waals surface area contributed by atoms with Gasteiger partial charge >= 0.3 is 0 Å². The molecule has 0 spiro atoms. The second-order valence-corrected chi connectivity index (χ2v) is 9.61. The Labute approximate surface area is 174 Å². The van der Waals surface area contributed by atoms with E-state index in [1.165, 1.54) is 43.4 Å². The van der Waals surface area contributed by atoms with Crippen molar-refractivity contribution < 1.29 is 9.84 Å². The fourth-order valence-electron chi connectivity index (χ4n) is 5.63. The molecular formula is C23H35ClN2O2. The molecule has 5 heteroatoms. The minimum Gasteiger partial charge on any atom is -0.389 e. The SMILES string of the molecule is Cc1ccc(Cl)cc1N1CCN(CC(O)COCCC2CC3CCC2C3)CC1. The maximum atomic E-state index is 10.4. The topological polar surface area (TPSA) is 35.9 Å². The van der Waals surface area contributed by atoms with Crippen LogP contribution in [-0.4, -0.2) is 62.0 Å². The lowest BCUT2D eigenvalue weighted by Crippen LogP contribution is -2.49. The van der Waals surface area contributed by atoms with Crippen LogP contribution in [0.2, 0.25) is 5.02 Å². The van der Waals surface area contributed by atoms with Crippen LogP contribution in [0.4, 0.5) is 5.69 Å². The fraction of sp³-hybridized carbons (Fsp3) is 0.739. The van der Waals surface area contributed by atoms with Crippen LogP contribution >= 0.6 is 11.6 Å². The molecule has 0 radical (unpaired) electrons. The summed E-state index contributed by atoms with van der Waals surface area (Å²) in [6.45, 7) is 7.99. The van der Waals surface area contributed by atoms with Crippen LogP contribution in [0.25, 0.3) is 0 Å². The zero-order chi connectivity index (χ0) is 19.5. The number of hydrogen-bond donors (Lipinski definition) is 1. The highest BCUT2D eigenvalue weighted by Crippen LogP contribution is 2.49. The molecule has 1 heterocycles. The van der Waals surface area contributed by atoms with Crippen molar-refractivity contribution in [3.8, 4) is 0 Å². The van der Waals surface area contributed by atoms with Gasteiger partial charge in [-0.2, -0.15) is 0 Å². The molecule has 4 atom stereocenters. The number of aliphatic hydroxyl groups is 1. The average Bonchev–Trinajstić information content (AvgIpc) is 3.31. The third-order valence-electron chi connectivity index (χ3n) is 7.18. The van der Waals surface area contributed by atoms with Crippen molar-refractivity contribution in [1.29, 1.82) is 0 Å². The Morgan fingerprint density at radius 1 is 1.18 bits per heavy atom. The van der Waals surface area contributed by atoms with Crippen LogP contribution in [0, 0.1) is 24.7 Å². The minimum atomic E-state index is -0.389. The minimum absolute atomic E-state index is 0.389. The van der Waals surface area contributed by atoms with E-state index in [4.69, 9.17) is 16.3 Å². The molecule has 156 valence electrons. The Morgan fingerprint density at radius 3 is 2.71 bits per heavy atom. The predicted molar refractivity (Wildman–Crippen MR) is 115 cm³/mol. The smallest absolute Gasteiger partial charge is 0.0900 e. The van der Waals surface area contributed by atoms with Crippen molar-refractivity contribution >= 4 is 17.3 Å². The summed E-state index contributed by atoms with van der Waals surface area (Å²) in [6.07, 6.45) is 6.59. The van der Waals surface area contributed by atoms with E-state index in [0.717, 1.165) is 55.6 Å². The van der Waals surface area contributed by atoms with Gasteiger partial charge in [0.1, 0.15) is 0 Å². The van der Waals surface area contributed by atoms with Crippen LogP contribution in [0.3, 0.4) is 0 Å². The predicted octanol–water partition coefficient (Wildman–Crippen LogP) is 3.97. The van der Waals surface area contributed by atoms with Crippen molar-refractivity contribution in [2.24, 2.45) is 17.8 Å². The van der Waals surface area contributed by atoms with E-state index in [9.17, 15) is 5.11 Å². The van der Waals surface area contributed by atoms with Gasteiger partial charge in [-0.15, -0.1) is 0 Å². The quantitative estimate of drug-likeness (QED) is 0.662. The second kappa shape index (κ2) is 9.34. The highest BCUT2D eigenvalue weighted by Gasteiger charge is 2.38. The van der Waals surface area contributed by atoms with Crippen LogP contribution < -0.4 is 4.90 Å². The largest absolute Gasteiger partial charge is 0.389 e. The first-order chi connectivity index (χ1) is 13.6. The fourth-order valence-corrected chi connectivity index (χ4v) is 5.80. The van der Waals surface area contributed by atoms with E-state index >= 15 is 0 Å². The van der Waals surface area contributed by atoms with Crippen molar-refractivity contribution in [2.45, 2.75) is 45.1 Å². The normalized spacial score (nSPS) is 28.8. The summed E-state index contributed by atoms with van der Waals surface area (Å²) >= 11 is 6.17. The number of β-amino-alcohol motifs (C(OH)–C–C–N with tert-alkyl or cyclic N) is 1. The number of aryl methyl sites for hydroxylation is 1. The molecule has 0 amide bonds. The molecule has 1 aromatic rings. The Morgan fingerprint density at radius 2 is 2.00 bits per heavy atom. The summed E-state index contributed by atoms with van der Waals surface area (Å²) in [6, 6.07) is 6.09. The molecule has 1 aliphatic heterocycles. The van der Waals surface area contributed by atoms with Gasteiger partial charge in [0.15, 0.2) is 0 Å². The van der Waals surface area contributed by atoms with Crippen LogP contribution in [0.5, 0.6) is 0 Å². The monoisotopic (exact) mass is 406 g/mol. The van der Waals surface area contributed by atoms with Gasteiger partial charge in [-0.05, 0) is 68.1 Å². The van der Waals surface area contributed by atoms with Crippen LogP contribution in [0.1, 0.15) is 37.7 Å². The van der Waals surface area contributed by atoms with Gasteiger partial charge < -0.3 is 14.7 Å². The first-order valence-corrected chi connectivity index (χ1v) is 11.5. The number of rotatable bonds is 8. The number of halogens is 1. The first kappa shape index (κ1) is 20.5. The Kier molecular flexibility index (Phi) is 6.82. The van der Waals surface area contributed by atoms with Crippen molar-refractivity contribution in [3.63, 3.8) is 0 Å². The van der Waals surface area contributed by atoms with Crippen molar-refractivity contribution in [3.05, 3.63) is 28.8 Å². The lowest BCUT2D eigenvalue weighted by molar-refractivity contribution is 0.0100. The van der Waals surface area contributed by atoms with E-state index in [1.54, 1.807) is 0 Å². The maximum Gasteiger partial charge on any atom is 0.0900 e. The maximum absolute atomic E-state index is 10.4. The molecule has 0 aromatic heterocycles. The highest BCUT2D eigenvalue weighted by molar-refractivity contribution is 6.30. The molecule has 1 saturated heterocycles. The number of piperazine rings is 1. The van der Waals surface area contributed by atoms with Gasteiger partial charge in [0.05, 0.1) is 12.7 Å². The molecule has 4 rings (SSSR count). The van der Waals surface area contributed by atoms with Gasteiger partial charge in [0.25, 0.3) is 0 Å². The van der Waals surface area contributed by atoms with E-state index in [0.29, 0.717) is 13.2 Å². The molecule has 2 saturated carbocycles. The van der Waals surface area contributed by atoms with E-state index < -0.39 is 0 Å². The third-order valence-corrected chi connectivity index (χ3v) is 7.42. The lowest BCUT2D eigenvalue weighted by atomic mass is 9.87. The summed E-state index contributed by atoms with van der Waals surface area (Å²) in [4.78, 5) is 4.75. The Hall–Kier alpha value is -0.810. The van der Waals surface area contributed by atoms with Gasteiger partial charge in [0.2, 0.25) is 0 Å². The number of fused-ring (bicyclic) bond motifs is 2. The highest BCUT2D eigenvalue weighted by atomic mass is 35.5. The van der Waals surface area contributed by atoms with Gasteiger partial charge in [-0.25, -0.2) is 0 Å². The summed E-state index contributed by atoms with van der Waals surface area (Å²) in [5, 5.41) is 11.2. The average molecular weight is 407 g/mol. The van der Waals surface area contributed by atoms with E-state index in [-0.39, 0.29) is 6.10 Å². The standard InChI is InChI=1S/C23H35ClN2O2/c1-17-2-5-21(24)14-23(17)26-9-7-25(8-10-26)15-22(27)16-28-11-6-20-13-18-3-4-19(20)12-18/h2,5,14,18-20,22,27H,3-4,6-13,15-16H2,1H3. The van der Waals surface area contributed by atoms with Gasteiger partial charge in [-0.1, -0.05) is 24.1 Å². The van der Waals surface area contributed by atoms with Gasteiger partial charge in [-0.3, -0.25) is 4.90 Å². The van der Waals surface area contributed by atoms with Crippen LogP contribution in [-0.2, 0) is 4.74 Å². The Bertz CT molecular complexity index is 647. The Balaban J connectivity index is 1.12. The van der Waals surface area contributed by atoms with E-state index in [2.05, 4.69) is 28.9 Å². The number of benzene rings is 1. The molecule has 3 fully saturated rings. The molecule has 1 aromatic carbocycles. The number of nitrogens with zero attached hydrogens (tertiary/aromatic N) is 2. The number of ether oxygens (including phenoxy) is 1. The molecule has 1 N–H and O–H groups in total. The number of anilines is 1. The zero-order valence-corrected chi connectivity index (χ0v) is 17.9. The number of aliphatic hydroxyl groups excluding tert-OH is 1. The molecule has 4 nitrogen and oxygen atoms in total. The summed E-state index contributed by atoms with van der Waals surface area (Å²) in [7, 11) is 0. The zero-order valence-electron chi connectivity index (χ0n) is 17.2. The molecule has 2 aliphatic carbocycles.